The molecule has 0 amide bonds. The van der Waals surface area contributed by atoms with E-state index in [4.69, 9.17) is 0 Å². The summed E-state index contributed by atoms with van der Waals surface area (Å²) >= 11 is 6.22. The molecule has 3 N–H and O–H groups in total. The molecule has 0 spiro atoms. The third-order valence-corrected chi connectivity index (χ3v) is 0. The topological polar surface area (TPSA) is 35.0 Å². The van der Waals surface area contributed by atoms with Crippen molar-refractivity contribution in [1.29, 1.82) is 0 Å². The molecule has 0 aromatic rings. The first kappa shape index (κ1) is 9.28. The molecule has 0 aromatic heterocycles. The Morgan fingerprint density at radius 3 is 1.25 bits per heavy atom. The third kappa shape index (κ3) is 9.15. The summed E-state index contributed by atoms with van der Waals surface area (Å²) < 4.78 is 0. The molecule has 0 unspecified atom stereocenters. The van der Waals surface area contributed by atoms with Gasteiger partial charge < -0.3 is 6.15 Å². The van der Waals surface area contributed by atoms with Gasteiger partial charge in [0, 0.05) is 0 Å². The molecule has 0 aliphatic rings. The average molecular weight is 384 g/mol. The second kappa shape index (κ2) is 8.85. The summed E-state index contributed by atoms with van der Waals surface area (Å²) in [6.45, 7) is 0. The van der Waals surface area contributed by atoms with E-state index in [0.29, 0.717) is 0 Å². The van der Waals surface area contributed by atoms with Crippen molar-refractivity contribution < 1.29 is 0 Å². The van der Waals surface area contributed by atoms with Gasteiger partial charge in [0.05, 0.1) is 0 Å². The molecule has 26 valence electrons. The molecule has 0 aliphatic heterocycles. The van der Waals surface area contributed by atoms with E-state index < -0.39 is 0 Å². The molecule has 0 bridgehead atoms. The molecule has 0 aromatic carbocycles. The molecule has 0 rings (SSSR count). The fourth-order valence-electron chi connectivity index (χ4n) is 0. The van der Waals surface area contributed by atoms with Crippen molar-refractivity contribution in [1.82, 2.24) is 6.15 Å². The molecule has 0 aliphatic carbocycles. The molecule has 4 heteroatoms. The van der Waals surface area contributed by atoms with Gasteiger partial charge in [0.15, 0.2) is 0 Å². The van der Waals surface area contributed by atoms with Crippen molar-refractivity contribution in [2.45, 2.75) is 0 Å². The Labute approximate surface area is 48.9 Å². The van der Waals surface area contributed by atoms with E-state index in [1.807, 2.05) is 0 Å². The van der Waals surface area contributed by atoms with Crippen molar-refractivity contribution in [3.8, 4) is 0 Å². The summed E-state index contributed by atoms with van der Waals surface area (Å²) in [5, 5.41) is 0. The monoisotopic (exact) mass is 383 g/mol. The van der Waals surface area contributed by atoms with Gasteiger partial charge in [-0.25, -0.2) is 0 Å². The van der Waals surface area contributed by atoms with Crippen LogP contribution in [0.1, 0.15) is 0 Å². The standard InChI is InChI=1S/2BrH.H3N.Pb/h2*1H;1H3;/q;;;+2/p-2. The zero-order valence-corrected chi connectivity index (χ0v) is 9.02. The molecule has 2 radical (unpaired) electrons. The number of halogens is 2. The van der Waals surface area contributed by atoms with Crippen LogP contribution in [0, 0.1) is 0 Å². The predicted molar refractivity (Wildman–Crippen MR) is 28.6 cm³/mol. The van der Waals surface area contributed by atoms with Gasteiger partial charge in [-0.05, 0) is 0 Å². The average Bonchev–Trinajstić information content (AvgIpc) is 0.918. The van der Waals surface area contributed by atoms with Crippen LogP contribution in [0.4, 0.5) is 0 Å². The molecule has 0 saturated carbocycles. The Balaban J connectivity index is 0. The summed E-state index contributed by atoms with van der Waals surface area (Å²) in [5.41, 5.74) is 0. The molecule has 4 heavy (non-hydrogen) atoms. The summed E-state index contributed by atoms with van der Waals surface area (Å²) in [5.74, 6) is 0. The SMILES string of the molecule is N.[Br][Pb][Br]. The van der Waals surface area contributed by atoms with Crippen molar-refractivity contribution >= 4 is 43.4 Å². The van der Waals surface area contributed by atoms with E-state index in [0.717, 1.165) is 0 Å². The summed E-state index contributed by atoms with van der Waals surface area (Å²) in [6, 6.07) is 0. The van der Waals surface area contributed by atoms with Crippen LogP contribution >= 0.6 is 24.0 Å². The summed E-state index contributed by atoms with van der Waals surface area (Å²) in [4.78, 5) is 0. The van der Waals surface area contributed by atoms with Crippen molar-refractivity contribution in [3.63, 3.8) is 0 Å². The van der Waals surface area contributed by atoms with Crippen LogP contribution < -0.4 is 6.15 Å². The first-order valence-electron chi connectivity index (χ1n) is 0.378. The van der Waals surface area contributed by atoms with Crippen molar-refractivity contribution in [3.05, 3.63) is 0 Å². The van der Waals surface area contributed by atoms with Gasteiger partial charge >= 0.3 is 43.4 Å². The van der Waals surface area contributed by atoms with Crippen molar-refractivity contribution in [2.75, 3.05) is 0 Å². The Morgan fingerprint density at radius 2 is 1.25 bits per heavy atom. The van der Waals surface area contributed by atoms with Crippen LogP contribution in [0.25, 0.3) is 0 Å². The first-order valence-corrected chi connectivity index (χ1v) is 17.2. The second-order valence-corrected chi connectivity index (χ2v) is 16.9. The van der Waals surface area contributed by atoms with Crippen LogP contribution in [-0.4, -0.2) is 19.4 Å². The first-order chi connectivity index (χ1) is 1.41. The van der Waals surface area contributed by atoms with Gasteiger partial charge in [-0.3, -0.25) is 0 Å². The Kier molecular flexibility index (Phi) is 20.5. The third-order valence-electron chi connectivity index (χ3n) is 0. The van der Waals surface area contributed by atoms with Crippen LogP contribution in [0.2, 0.25) is 0 Å². The summed E-state index contributed by atoms with van der Waals surface area (Å²) in [7, 11) is 0. The van der Waals surface area contributed by atoms with Gasteiger partial charge in [-0.2, -0.15) is 0 Å². The number of rotatable bonds is 0. The molecule has 0 atom stereocenters. The molecular weight excluding hydrogens is 381 g/mol. The molecule has 0 saturated heterocycles. The van der Waals surface area contributed by atoms with E-state index in [2.05, 4.69) is 24.0 Å². The maximum atomic E-state index is 3.26. The van der Waals surface area contributed by atoms with Crippen LogP contribution in [0.5, 0.6) is 0 Å². The Hall–Kier alpha value is 1.84. The minimum atomic E-state index is -0.292. The molecule has 1 nitrogen and oxygen atoms in total. The fraction of sp³-hybridized carbons (Fsp3) is 0. The Bertz CT molecular complexity index is 6.00. The van der Waals surface area contributed by atoms with Crippen molar-refractivity contribution in [2.24, 2.45) is 0 Å². The van der Waals surface area contributed by atoms with Gasteiger partial charge in [-0.1, -0.05) is 0 Å². The van der Waals surface area contributed by atoms with Gasteiger partial charge in [0.1, 0.15) is 0 Å². The van der Waals surface area contributed by atoms with Gasteiger partial charge in [-0.15, -0.1) is 0 Å². The second-order valence-electron chi connectivity index (χ2n) is 0.0714. The van der Waals surface area contributed by atoms with Gasteiger partial charge in [0.25, 0.3) is 0 Å². The maximum absolute atomic E-state index is 3.26. The van der Waals surface area contributed by atoms with E-state index in [9.17, 15) is 0 Å². The van der Waals surface area contributed by atoms with Crippen LogP contribution in [-0.2, 0) is 0 Å². The normalized spacial score (nSPS) is 4.50. The quantitative estimate of drug-likeness (QED) is 0.632. The van der Waals surface area contributed by atoms with Crippen LogP contribution in [0.15, 0.2) is 0 Å². The van der Waals surface area contributed by atoms with Crippen LogP contribution in [0.3, 0.4) is 0 Å². The number of hydrogen-bond acceptors (Lipinski definition) is 1. The number of hydrogen-bond donors (Lipinski definition) is 1. The minimum absolute atomic E-state index is 0. The molecular formula is H3Br2NPb. The van der Waals surface area contributed by atoms with Gasteiger partial charge in [0.2, 0.25) is 0 Å². The Morgan fingerprint density at radius 1 is 1.25 bits per heavy atom. The zero-order chi connectivity index (χ0) is 2.71. The van der Waals surface area contributed by atoms with E-state index >= 15 is 0 Å². The van der Waals surface area contributed by atoms with E-state index in [1.54, 1.807) is 0 Å². The zero-order valence-electron chi connectivity index (χ0n) is 1.96. The fourth-order valence-corrected chi connectivity index (χ4v) is 0. The molecule has 0 heterocycles. The summed E-state index contributed by atoms with van der Waals surface area (Å²) in [6.07, 6.45) is 0. The van der Waals surface area contributed by atoms with E-state index in [1.165, 1.54) is 0 Å². The molecule has 0 fully saturated rings. The predicted octanol–water partition coefficient (Wildman–Crippen LogP) is 1.47. The van der Waals surface area contributed by atoms with E-state index in [-0.39, 0.29) is 25.6 Å².